The zero-order chi connectivity index (χ0) is 17.2. The molecule has 0 amide bonds. The summed E-state index contributed by atoms with van der Waals surface area (Å²) in [6, 6.07) is 3.71. The van der Waals surface area contributed by atoms with Gasteiger partial charge in [-0.15, -0.1) is 6.26 Å². The van der Waals surface area contributed by atoms with Crippen LogP contribution in [0.25, 0.3) is 0 Å². The first-order chi connectivity index (χ1) is 10.6. The minimum atomic E-state index is -0.803. The zero-order valence-corrected chi connectivity index (χ0v) is 17.8. The van der Waals surface area contributed by atoms with Gasteiger partial charge in [-0.3, -0.25) is 0 Å². The zero-order valence-electron chi connectivity index (χ0n) is 14.7. The maximum atomic E-state index is 10.3. The van der Waals surface area contributed by atoms with E-state index in [4.69, 9.17) is 29.5 Å². The third-order valence-electron chi connectivity index (χ3n) is 2.11. The van der Waals surface area contributed by atoms with Crippen molar-refractivity contribution in [3.63, 3.8) is 0 Å². The van der Waals surface area contributed by atoms with Crippen molar-refractivity contribution in [2.24, 2.45) is 0 Å². The molecule has 0 spiro atoms. The number of nitrogens with zero attached hydrogens (tertiary/aromatic N) is 2. The van der Waals surface area contributed by atoms with E-state index in [1.165, 1.54) is 0 Å². The molecule has 8 heteroatoms. The Balaban J connectivity index is -0.000000338. The second kappa shape index (κ2) is 22.0. The molecule has 0 heterocycles. The van der Waals surface area contributed by atoms with Gasteiger partial charge in [-0.2, -0.15) is 10.5 Å². The van der Waals surface area contributed by atoms with Crippen LogP contribution in [0, 0.1) is 22.7 Å². The van der Waals surface area contributed by atoms with E-state index in [0.29, 0.717) is 39.1 Å². The summed E-state index contributed by atoms with van der Waals surface area (Å²) in [5, 5.41) is 27.1. The van der Waals surface area contributed by atoms with Crippen molar-refractivity contribution in [1.82, 2.24) is 0 Å². The molecule has 0 saturated heterocycles. The second-order valence-electron chi connectivity index (χ2n) is 3.63. The number of ether oxygens (including phenoxy) is 4. The van der Waals surface area contributed by atoms with E-state index < -0.39 is 6.29 Å². The van der Waals surface area contributed by atoms with Gasteiger partial charge in [0.1, 0.15) is 0 Å². The molecule has 0 rings (SSSR count). The van der Waals surface area contributed by atoms with Gasteiger partial charge in [-0.1, -0.05) is 0 Å². The predicted molar refractivity (Wildman–Crippen MR) is 78.0 cm³/mol. The van der Waals surface area contributed by atoms with Crippen LogP contribution in [0.3, 0.4) is 0 Å². The number of hydrogen-bond donors (Lipinski definition) is 0. The van der Waals surface area contributed by atoms with Gasteiger partial charge >= 0.3 is 51.4 Å². The van der Waals surface area contributed by atoms with Crippen LogP contribution in [0.2, 0.25) is 0 Å². The molecule has 0 fully saturated rings. The van der Waals surface area contributed by atoms with E-state index in [-0.39, 0.29) is 63.2 Å². The molecule has 7 nitrogen and oxygen atoms in total. The van der Waals surface area contributed by atoms with E-state index in [1.54, 1.807) is 19.9 Å². The Morgan fingerprint density at radius 1 is 0.957 bits per heavy atom. The summed E-state index contributed by atoms with van der Waals surface area (Å²) < 4.78 is 20.2. The monoisotopic (exact) mass is 352 g/mol. The summed E-state index contributed by atoms with van der Waals surface area (Å²) in [5.74, 6) is 0. The summed E-state index contributed by atoms with van der Waals surface area (Å²) in [5.41, 5.74) is -0.0290. The molecule has 0 bridgehead atoms. The molecule has 0 aliphatic carbocycles. The molecule has 0 aromatic heterocycles. The molecule has 0 aromatic carbocycles. The molecule has 0 aromatic rings. The quantitative estimate of drug-likeness (QED) is 0.203. The minimum Gasteiger partial charge on any atom is -0.877 e. The van der Waals surface area contributed by atoms with Crippen molar-refractivity contribution >= 4 is 0 Å². The first-order valence-electron chi connectivity index (χ1n) is 7.20. The Labute approximate surface area is 181 Å². The van der Waals surface area contributed by atoms with Gasteiger partial charge in [0.2, 0.25) is 0 Å². The molecule has 0 saturated carbocycles. The van der Waals surface area contributed by atoms with Crippen molar-refractivity contribution in [1.29, 1.82) is 10.5 Å². The first-order valence-corrected chi connectivity index (χ1v) is 7.20. The summed E-state index contributed by atoms with van der Waals surface area (Å²) in [4.78, 5) is 0. The Morgan fingerprint density at radius 3 is 1.65 bits per heavy atom. The van der Waals surface area contributed by atoms with Crippen LogP contribution in [0.15, 0.2) is 11.8 Å². The Kier molecular flexibility index (Phi) is 26.6. The Bertz CT molecular complexity index is 354. The van der Waals surface area contributed by atoms with Crippen molar-refractivity contribution in [2.45, 2.75) is 46.7 Å². The molecule has 0 unspecified atom stereocenters. The average Bonchev–Trinajstić information content (AvgIpc) is 2.50. The molecule has 0 N–H and O–H groups in total. The topological polar surface area (TPSA) is 108 Å². The van der Waals surface area contributed by atoms with Gasteiger partial charge in [0.05, 0.1) is 24.1 Å². The molecule has 0 atom stereocenters. The summed E-state index contributed by atoms with van der Waals surface area (Å²) in [6.45, 7) is 9.29. The Morgan fingerprint density at radius 2 is 1.39 bits per heavy atom. The van der Waals surface area contributed by atoms with Crippen LogP contribution in [0.4, 0.5) is 0 Å². The number of nitriles is 2. The number of hydrogen-bond acceptors (Lipinski definition) is 7. The smallest absolute Gasteiger partial charge is 0.877 e. The van der Waals surface area contributed by atoms with Crippen molar-refractivity contribution in [2.75, 3.05) is 26.4 Å². The molecule has 0 radical (unpaired) electrons. The standard InChI is InChI=1S/C8H13NO3.C7H13NO2.K/c1-3-11-8(12-4-2)7(5-9)6-10;1-3-9-7(5-6-8)10-4-2;/h6,8,10H,3-4H2,1-2H3;7H,3-5H2,1-2H3;/q;;+1/p-1/b7-6-;;. The van der Waals surface area contributed by atoms with Crippen LogP contribution in [0.1, 0.15) is 34.1 Å². The van der Waals surface area contributed by atoms with Gasteiger partial charge in [-0.25, -0.2) is 0 Å². The van der Waals surface area contributed by atoms with E-state index in [2.05, 4.69) is 0 Å². The van der Waals surface area contributed by atoms with E-state index in [9.17, 15) is 5.11 Å². The Hall–Kier alpha value is -0.00364. The van der Waals surface area contributed by atoms with E-state index in [1.807, 2.05) is 19.9 Å². The van der Waals surface area contributed by atoms with Gasteiger partial charge in [0.15, 0.2) is 12.6 Å². The molecule has 23 heavy (non-hydrogen) atoms. The molecular formula is C15H25KN2O5. The van der Waals surface area contributed by atoms with Crippen LogP contribution < -0.4 is 56.5 Å². The molecule has 0 aliphatic rings. The normalized spacial score (nSPS) is 10.3. The first kappa shape index (κ1) is 27.8. The predicted octanol–water partition coefficient (Wildman–Crippen LogP) is -1.54. The van der Waals surface area contributed by atoms with Gasteiger partial charge in [0.25, 0.3) is 0 Å². The van der Waals surface area contributed by atoms with Gasteiger partial charge in [0, 0.05) is 26.4 Å². The summed E-state index contributed by atoms with van der Waals surface area (Å²) >= 11 is 0. The maximum Gasteiger partial charge on any atom is 1.00 e. The fourth-order valence-electron chi connectivity index (χ4n) is 1.28. The number of rotatable bonds is 10. The summed E-state index contributed by atoms with van der Waals surface area (Å²) in [7, 11) is 0. The van der Waals surface area contributed by atoms with E-state index in [0.717, 1.165) is 0 Å². The van der Waals surface area contributed by atoms with Gasteiger partial charge in [-0.05, 0) is 27.7 Å². The third kappa shape index (κ3) is 16.6. The molecular weight excluding hydrogens is 327 g/mol. The third-order valence-corrected chi connectivity index (χ3v) is 2.11. The average molecular weight is 352 g/mol. The molecule has 0 aliphatic heterocycles. The molecule has 126 valence electrons. The fraction of sp³-hybridized carbons (Fsp3) is 0.733. The van der Waals surface area contributed by atoms with Crippen LogP contribution in [0.5, 0.6) is 0 Å². The maximum absolute atomic E-state index is 10.3. The largest absolute Gasteiger partial charge is 1.00 e. The fourth-order valence-corrected chi connectivity index (χ4v) is 1.28. The minimum absolute atomic E-state index is 0. The van der Waals surface area contributed by atoms with Crippen LogP contribution >= 0.6 is 0 Å². The SMILES string of the molecule is CCOC(CC#N)OCC.CCOC(OCC)/C(C#N)=C\[O-].[K+]. The van der Waals surface area contributed by atoms with Gasteiger partial charge < -0.3 is 24.1 Å². The van der Waals surface area contributed by atoms with Crippen molar-refractivity contribution in [3.05, 3.63) is 11.8 Å². The second-order valence-corrected chi connectivity index (χ2v) is 3.63. The van der Waals surface area contributed by atoms with Crippen LogP contribution in [-0.2, 0) is 18.9 Å². The van der Waals surface area contributed by atoms with E-state index >= 15 is 0 Å². The summed E-state index contributed by atoms with van der Waals surface area (Å²) in [6.07, 6.45) is -0.375. The van der Waals surface area contributed by atoms with Crippen LogP contribution in [-0.4, -0.2) is 39.0 Å². The van der Waals surface area contributed by atoms with Crippen molar-refractivity contribution < 1.29 is 75.4 Å². The van der Waals surface area contributed by atoms with Crippen molar-refractivity contribution in [3.8, 4) is 12.1 Å².